The third-order valence-corrected chi connectivity index (χ3v) is 4.27. The van der Waals surface area contributed by atoms with Crippen LogP contribution in [0.4, 0.5) is 11.4 Å². The van der Waals surface area contributed by atoms with Crippen LogP contribution in [-0.2, 0) is 0 Å². The molecule has 0 aliphatic carbocycles. The largest absolute Gasteiger partial charge is 0.490 e. The van der Waals surface area contributed by atoms with Crippen molar-refractivity contribution in [2.24, 2.45) is 0 Å². The second-order valence-electron chi connectivity index (χ2n) is 5.34. The molecule has 1 amide bonds. The second kappa shape index (κ2) is 7.09. The van der Waals surface area contributed by atoms with Gasteiger partial charge in [0, 0.05) is 10.9 Å². The summed E-state index contributed by atoms with van der Waals surface area (Å²) in [6.45, 7) is 4.03. The molecule has 0 aliphatic heterocycles. The third kappa shape index (κ3) is 3.73. The Hall–Kier alpha value is -2.63. The summed E-state index contributed by atoms with van der Waals surface area (Å²) >= 11 is 11.9. The highest BCUT2D eigenvalue weighted by Gasteiger charge is 2.13. The molecule has 0 atom stereocenters. The molecule has 7 heteroatoms. The van der Waals surface area contributed by atoms with E-state index in [4.69, 9.17) is 33.7 Å². The Labute approximate surface area is 154 Å². The van der Waals surface area contributed by atoms with Gasteiger partial charge in [-0.05, 0) is 36.4 Å². The van der Waals surface area contributed by atoms with Gasteiger partial charge in [0.15, 0.2) is 0 Å². The maximum atomic E-state index is 12.5. The Morgan fingerprint density at radius 3 is 2.76 bits per heavy atom. The highest BCUT2D eigenvalue weighted by atomic mass is 35.5. The second-order valence-corrected chi connectivity index (χ2v) is 6.15. The lowest BCUT2D eigenvalue weighted by Gasteiger charge is -2.08. The first-order valence-corrected chi connectivity index (χ1v) is 8.16. The summed E-state index contributed by atoms with van der Waals surface area (Å²) in [5, 5.41) is 4.22. The molecule has 3 aromatic rings. The molecule has 4 N–H and O–H groups in total. The average molecular weight is 376 g/mol. The Morgan fingerprint density at radius 1 is 1.24 bits per heavy atom. The van der Waals surface area contributed by atoms with E-state index in [9.17, 15) is 4.79 Å². The zero-order valence-corrected chi connectivity index (χ0v) is 14.6. The minimum atomic E-state index is -0.338. The van der Waals surface area contributed by atoms with Crippen molar-refractivity contribution in [3.8, 4) is 5.75 Å². The molecule has 1 aromatic heterocycles. The van der Waals surface area contributed by atoms with Crippen molar-refractivity contribution in [2.75, 3.05) is 17.7 Å². The van der Waals surface area contributed by atoms with Crippen LogP contribution in [0.5, 0.6) is 5.75 Å². The van der Waals surface area contributed by atoms with E-state index >= 15 is 0 Å². The van der Waals surface area contributed by atoms with Crippen molar-refractivity contribution in [2.45, 2.75) is 0 Å². The molecular weight excluding hydrogens is 361 g/mol. The highest BCUT2D eigenvalue weighted by molar-refractivity contribution is 6.42. The van der Waals surface area contributed by atoms with Gasteiger partial charge in [0.2, 0.25) is 0 Å². The number of aromatic amines is 1. The van der Waals surface area contributed by atoms with Crippen molar-refractivity contribution < 1.29 is 9.53 Å². The summed E-state index contributed by atoms with van der Waals surface area (Å²) in [5.41, 5.74) is 7.80. The van der Waals surface area contributed by atoms with Gasteiger partial charge in [-0.1, -0.05) is 35.9 Å². The first kappa shape index (κ1) is 17.2. The van der Waals surface area contributed by atoms with Crippen LogP contribution in [0.25, 0.3) is 10.9 Å². The lowest BCUT2D eigenvalue weighted by molar-refractivity contribution is 0.102. The normalized spacial score (nSPS) is 10.6. The molecule has 0 saturated carbocycles. The summed E-state index contributed by atoms with van der Waals surface area (Å²) < 4.78 is 5.49. The van der Waals surface area contributed by atoms with Crippen LogP contribution in [-0.4, -0.2) is 17.5 Å². The molecule has 0 saturated heterocycles. The van der Waals surface area contributed by atoms with Crippen molar-refractivity contribution >= 4 is 51.4 Å². The summed E-state index contributed by atoms with van der Waals surface area (Å²) in [5.74, 6) is 0.363. The minimum absolute atomic E-state index is 0.312. The van der Waals surface area contributed by atoms with Crippen LogP contribution >= 0.6 is 23.2 Å². The van der Waals surface area contributed by atoms with Gasteiger partial charge in [0.25, 0.3) is 5.91 Å². The lowest BCUT2D eigenvalue weighted by atomic mass is 10.2. The van der Waals surface area contributed by atoms with Crippen LogP contribution in [0.15, 0.2) is 49.1 Å². The Kier molecular flexibility index (Phi) is 4.88. The lowest BCUT2D eigenvalue weighted by Crippen LogP contribution is -2.13. The number of halogens is 2. The number of ether oxygens (including phenoxy) is 1. The number of nitrogen functional groups attached to an aromatic ring is 1. The zero-order valence-electron chi connectivity index (χ0n) is 13.1. The van der Waals surface area contributed by atoms with E-state index in [2.05, 4.69) is 16.9 Å². The van der Waals surface area contributed by atoms with E-state index in [0.29, 0.717) is 39.5 Å². The van der Waals surface area contributed by atoms with Crippen molar-refractivity contribution in [3.63, 3.8) is 0 Å². The van der Waals surface area contributed by atoms with E-state index in [1.54, 1.807) is 12.1 Å². The standard InChI is InChI=1S/C18H15Cl2N3O2/c1-2-5-25-11-3-4-15-10(6-11)7-17(22-15)18(24)23-16-9-13(20)12(19)8-14(16)21/h2-4,6-9,22H,1,5,21H2,(H,23,24). The first-order valence-electron chi connectivity index (χ1n) is 7.40. The number of carbonyl (C=O) groups is 1. The Bertz CT molecular complexity index is 966. The molecule has 0 fully saturated rings. The molecule has 0 radical (unpaired) electrons. The van der Waals surface area contributed by atoms with E-state index in [1.165, 1.54) is 12.1 Å². The zero-order chi connectivity index (χ0) is 18.0. The molecule has 0 aliphatic rings. The fourth-order valence-electron chi connectivity index (χ4n) is 2.34. The topological polar surface area (TPSA) is 80.1 Å². The third-order valence-electron chi connectivity index (χ3n) is 3.55. The van der Waals surface area contributed by atoms with Gasteiger partial charge < -0.3 is 20.8 Å². The number of fused-ring (bicyclic) bond motifs is 1. The number of aromatic nitrogens is 1. The van der Waals surface area contributed by atoms with Gasteiger partial charge in [-0.2, -0.15) is 0 Å². The Balaban J connectivity index is 1.84. The maximum absolute atomic E-state index is 12.5. The van der Waals surface area contributed by atoms with Crippen LogP contribution in [0.2, 0.25) is 10.0 Å². The molecule has 0 spiro atoms. The van der Waals surface area contributed by atoms with Gasteiger partial charge in [-0.25, -0.2) is 0 Å². The Morgan fingerprint density at radius 2 is 2.00 bits per heavy atom. The maximum Gasteiger partial charge on any atom is 0.272 e. The SMILES string of the molecule is C=CCOc1ccc2[nH]c(C(=O)Nc3cc(Cl)c(Cl)cc3N)cc2c1. The molecule has 1 heterocycles. The van der Waals surface area contributed by atoms with Gasteiger partial charge in [-0.15, -0.1) is 0 Å². The van der Waals surface area contributed by atoms with Crippen molar-refractivity contribution in [3.05, 3.63) is 64.8 Å². The van der Waals surface area contributed by atoms with Gasteiger partial charge in [0.05, 0.1) is 21.4 Å². The number of nitrogens with one attached hydrogen (secondary N) is 2. The molecule has 2 aromatic carbocycles. The minimum Gasteiger partial charge on any atom is -0.490 e. The quantitative estimate of drug-likeness (QED) is 0.439. The number of benzene rings is 2. The monoisotopic (exact) mass is 375 g/mol. The predicted octanol–water partition coefficient (Wildman–Crippen LogP) is 4.87. The van der Waals surface area contributed by atoms with Crippen LogP contribution in [0, 0.1) is 0 Å². The molecule has 0 bridgehead atoms. The molecular formula is C18H15Cl2N3O2. The van der Waals surface area contributed by atoms with E-state index in [-0.39, 0.29) is 5.91 Å². The number of nitrogens with two attached hydrogens (primary N) is 1. The fourth-order valence-corrected chi connectivity index (χ4v) is 2.67. The molecule has 25 heavy (non-hydrogen) atoms. The molecule has 5 nitrogen and oxygen atoms in total. The predicted molar refractivity (Wildman–Crippen MR) is 103 cm³/mol. The number of rotatable bonds is 5. The van der Waals surface area contributed by atoms with Crippen LogP contribution in [0.1, 0.15) is 10.5 Å². The summed E-state index contributed by atoms with van der Waals surface area (Å²) in [6.07, 6.45) is 1.67. The van der Waals surface area contributed by atoms with Gasteiger partial charge in [-0.3, -0.25) is 4.79 Å². The van der Waals surface area contributed by atoms with Crippen molar-refractivity contribution in [1.29, 1.82) is 0 Å². The number of hydrogen-bond donors (Lipinski definition) is 3. The van der Waals surface area contributed by atoms with E-state index in [1.807, 2.05) is 18.2 Å². The summed E-state index contributed by atoms with van der Waals surface area (Å²) in [4.78, 5) is 15.5. The average Bonchev–Trinajstić information content (AvgIpc) is 3.01. The smallest absolute Gasteiger partial charge is 0.272 e. The van der Waals surface area contributed by atoms with Gasteiger partial charge >= 0.3 is 0 Å². The van der Waals surface area contributed by atoms with E-state index in [0.717, 1.165) is 10.9 Å². The fraction of sp³-hybridized carbons (Fsp3) is 0.0556. The molecule has 0 unspecified atom stereocenters. The van der Waals surface area contributed by atoms with Crippen LogP contribution < -0.4 is 15.8 Å². The molecule has 3 rings (SSSR count). The number of amides is 1. The number of hydrogen-bond acceptors (Lipinski definition) is 3. The highest BCUT2D eigenvalue weighted by Crippen LogP contribution is 2.31. The number of H-pyrrole nitrogens is 1. The van der Waals surface area contributed by atoms with Gasteiger partial charge in [0.1, 0.15) is 18.1 Å². The molecule has 128 valence electrons. The van der Waals surface area contributed by atoms with Crippen molar-refractivity contribution in [1.82, 2.24) is 4.98 Å². The number of anilines is 2. The van der Waals surface area contributed by atoms with E-state index < -0.39 is 0 Å². The van der Waals surface area contributed by atoms with Crippen LogP contribution in [0.3, 0.4) is 0 Å². The number of carbonyl (C=O) groups excluding carboxylic acids is 1. The first-order chi connectivity index (χ1) is 12.0. The summed E-state index contributed by atoms with van der Waals surface area (Å²) in [7, 11) is 0. The summed E-state index contributed by atoms with van der Waals surface area (Å²) in [6, 6.07) is 10.3.